The zero-order chi connectivity index (χ0) is 50.2. The summed E-state index contributed by atoms with van der Waals surface area (Å²) in [6, 6.07) is 36.7. The van der Waals surface area contributed by atoms with Gasteiger partial charge in [-0.2, -0.15) is 0 Å². The van der Waals surface area contributed by atoms with Crippen LogP contribution in [0.1, 0.15) is 34.6 Å². The maximum absolute atomic E-state index is 11.2. The molecule has 356 valence electrons. The summed E-state index contributed by atoms with van der Waals surface area (Å²) in [6.07, 6.45) is 8.11. The zero-order valence-corrected chi connectivity index (χ0v) is 38.0. The number of hydrogen-bond donors (Lipinski definition) is 9. The molecule has 18 heteroatoms. The Labute approximate surface area is 393 Å². The standard InChI is InChI=1S/C13H13N3O2.2C13H13NO2.C8H10N2O2.C3H7NO2/c1-10(13(17)18)16(11-5-4-7-14-9-11)12-6-2-3-8-15-12;1-9(13(15)16)14-12-8-4-6-10-5-2-3-7-11(10)12;1-9(13(15)16)14-12-7-6-10-4-2-3-5-11(10)8-12;1-6(8(11)12)10-7-2-4-9-5-3-7;1-2(4)3(5)6/h2-10H,1H3,(H,17,18);2*2-9,14H,1H3,(H,15,16);2-6H,1H3,(H,9,10)(H,11,12);2H,4H2,1H3,(H,5,6)/t10-;2*9-;6-;2-/m00000/s1. The number of pyridine rings is 3. The lowest BCUT2D eigenvalue weighted by atomic mass is 10.1. The van der Waals surface area contributed by atoms with Gasteiger partial charge in [0.25, 0.3) is 0 Å². The van der Waals surface area contributed by atoms with E-state index in [2.05, 4.69) is 30.9 Å². The summed E-state index contributed by atoms with van der Waals surface area (Å²) in [5, 5.41) is 56.4. The molecule has 0 aliphatic carbocycles. The third-order valence-corrected chi connectivity index (χ3v) is 9.42. The largest absolute Gasteiger partial charge is 0.480 e. The summed E-state index contributed by atoms with van der Waals surface area (Å²) < 4.78 is 0. The van der Waals surface area contributed by atoms with Crippen LogP contribution in [0.2, 0.25) is 0 Å². The molecule has 0 spiro atoms. The summed E-state index contributed by atoms with van der Waals surface area (Å²) in [5.41, 5.74) is 7.98. The van der Waals surface area contributed by atoms with Crippen LogP contribution in [0.4, 0.5) is 28.6 Å². The predicted octanol–water partition coefficient (Wildman–Crippen LogP) is 7.92. The molecule has 3 aromatic heterocycles. The van der Waals surface area contributed by atoms with Gasteiger partial charge in [-0.1, -0.05) is 72.8 Å². The molecular weight excluding hydrogens is 873 g/mol. The van der Waals surface area contributed by atoms with Crippen LogP contribution in [-0.2, 0) is 24.0 Å². The molecule has 10 N–H and O–H groups in total. The fourth-order valence-electron chi connectivity index (χ4n) is 5.65. The van der Waals surface area contributed by atoms with E-state index in [4.69, 9.17) is 26.2 Å². The topological polar surface area (TPSA) is 291 Å². The smallest absolute Gasteiger partial charge is 0.326 e. The third kappa shape index (κ3) is 18.1. The van der Waals surface area contributed by atoms with E-state index in [9.17, 15) is 29.1 Å². The molecule has 0 amide bonds. The molecule has 5 atom stereocenters. The number of carboxylic acid groups (broad SMARTS) is 5. The van der Waals surface area contributed by atoms with Gasteiger partial charge in [0.15, 0.2) is 0 Å². The van der Waals surface area contributed by atoms with Gasteiger partial charge < -0.3 is 52.1 Å². The number of carbonyl (C=O) groups is 5. The van der Waals surface area contributed by atoms with Crippen molar-refractivity contribution in [1.29, 1.82) is 0 Å². The summed E-state index contributed by atoms with van der Waals surface area (Å²) in [6.45, 7) is 7.87. The Bertz CT molecular complexity index is 2630. The van der Waals surface area contributed by atoms with Crippen molar-refractivity contribution in [2.75, 3.05) is 20.9 Å². The molecule has 0 aliphatic rings. The number of aromatic nitrogens is 3. The van der Waals surface area contributed by atoms with Crippen molar-refractivity contribution >= 4 is 80.0 Å². The summed E-state index contributed by atoms with van der Waals surface area (Å²) >= 11 is 0. The van der Waals surface area contributed by atoms with Crippen molar-refractivity contribution in [3.05, 3.63) is 158 Å². The van der Waals surface area contributed by atoms with E-state index >= 15 is 0 Å². The highest BCUT2D eigenvalue weighted by atomic mass is 16.4. The SMILES string of the molecule is C[C@@H](C(=O)O)N(c1cccnc1)c1ccccn1.C[C@H](N)C(=O)O.C[C@H](Nc1ccc2ccccc2c1)C(=O)O.C[C@H](Nc1cccc2ccccc12)C(=O)O.C[C@H](Nc1ccncc1)C(=O)O. The Morgan fingerprint density at radius 3 is 1.59 bits per heavy atom. The number of anilines is 5. The number of fused-ring (bicyclic) bond motifs is 2. The van der Waals surface area contributed by atoms with Gasteiger partial charge in [-0.05, 0) is 105 Å². The van der Waals surface area contributed by atoms with Crippen LogP contribution in [0.15, 0.2) is 158 Å². The molecule has 0 saturated carbocycles. The molecule has 7 rings (SSSR count). The lowest BCUT2D eigenvalue weighted by Crippen LogP contribution is -2.35. The number of carboxylic acids is 5. The molecule has 0 unspecified atom stereocenters. The average Bonchev–Trinajstić information content (AvgIpc) is 3.33. The minimum absolute atomic E-state index is 0.576. The summed E-state index contributed by atoms with van der Waals surface area (Å²) in [4.78, 5) is 66.3. The Morgan fingerprint density at radius 2 is 1.04 bits per heavy atom. The van der Waals surface area contributed by atoms with Crippen LogP contribution in [0.3, 0.4) is 0 Å². The van der Waals surface area contributed by atoms with Gasteiger partial charge in [-0.25, -0.2) is 9.78 Å². The number of nitrogens with one attached hydrogen (secondary N) is 3. The Hall–Kier alpha value is -8.64. The number of hydrogen-bond acceptors (Lipinski definition) is 13. The van der Waals surface area contributed by atoms with Crippen molar-refractivity contribution < 1.29 is 49.5 Å². The first-order valence-electron chi connectivity index (χ1n) is 21.1. The molecule has 3 heterocycles. The van der Waals surface area contributed by atoms with Crippen molar-refractivity contribution in [2.24, 2.45) is 5.73 Å². The van der Waals surface area contributed by atoms with E-state index in [1.54, 1.807) is 100.0 Å². The average molecular weight is 929 g/mol. The third-order valence-electron chi connectivity index (χ3n) is 9.42. The van der Waals surface area contributed by atoms with Crippen LogP contribution in [0.25, 0.3) is 21.5 Å². The van der Waals surface area contributed by atoms with Gasteiger partial charge in [-0.3, -0.25) is 29.1 Å². The molecule has 7 aromatic rings. The molecular formula is C50H56N8O10. The number of rotatable bonds is 14. The quantitative estimate of drug-likeness (QED) is 0.0500. The van der Waals surface area contributed by atoms with Crippen molar-refractivity contribution in [2.45, 2.75) is 64.8 Å². The summed E-state index contributed by atoms with van der Waals surface area (Å²) in [7, 11) is 0. The highest BCUT2D eigenvalue weighted by molar-refractivity contribution is 5.95. The molecule has 4 aromatic carbocycles. The van der Waals surface area contributed by atoms with Crippen LogP contribution in [-0.4, -0.2) is 101 Å². The molecule has 68 heavy (non-hydrogen) atoms. The lowest BCUT2D eigenvalue weighted by Gasteiger charge is -2.27. The van der Waals surface area contributed by atoms with Gasteiger partial charge in [0.2, 0.25) is 0 Å². The second-order valence-corrected chi connectivity index (χ2v) is 14.8. The predicted molar refractivity (Wildman–Crippen MR) is 263 cm³/mol. The fourth-order valence-corrected chi connectivity index (χ4v) is 5.65. The van der Waals surface area contributed by atoms with Crippen molar-refractivity contribution in [3.63, 3.8) is 0 Å². The first-order chi connectivity index (χ1) is 32.4. The molecule has 0 radical (unpaired) electrons. The zero-order valence-electron chi connectivity index (χ0n) is 38.0. The highest BCUT2D eigenvalue weighted by Crippen LogP contribution is 2.26. The Balaban J connectivity index is 0.000000233. The second kappa shape index (κ2) is 27.6. The van der Waals surface area contributed by atoms with Crippen LogP contribution >= 0.6 is 0 Å². The highest BCUT2D eigenvalue weighted by Gasteiger charge is 2.23. The summed E-state index contributed by atoms with van der Waals surface area (Å²) in [5.74, 6) is -3.87. The van der Waals surface area contributed by atoms with Crippen LogP contribution in [0.5, 0.6) is 0 Å². The number of benzene rings is 4. The van der Waals surface area contributed by atoms with Crippen molar-refractivity contribution in [1.82, 2.24) is 15.0 Å². The first-order valence-corrected chi connectivity index (χ1v) is 21.1. The molecule has 0 bridgehead atoms. The Morgan fingerprint density at radius 1 is 0.500 bits per heavy atom. The minimum atomic E-state index is -0.963. The van der Waals surface area contributed by atoms with E-state index in [1.165, 1.54) is 6.92 Å². The second-order valence-electron chi connectivity index (χ2n) is 14.8. The minimum Gasteiger partial charge on any atom is -0.480 e. The molecule has 18 nitrogen and oxygen atoms in total. The molecule has 0 aliphatic heterocycles. The normalized spacial score (nSPS) is 12.3. The maximum Gasteiger partial charge on any atom is 0.326 e. The van der Waals surface area contributed by atoms with Gasteiger partial charge in [0.1, 0.15) is 36.0 Å². The lowest BCUT2D eigenvalue weighted by molar-refractivity contribution is -0.139. The van der Waals surface area contributed by atoms with Gasteiger partial charge in [0.05, 0.1) is 11.9 Å². The number of nitrogens with two attached hydrogens (primary N) is 1. The number of aliphatic carboxylic acids is 5. The van der Waals surface area contributed by atoms with Gasteiger partial charge >= 0.3 is 29.8 Å². The van der Waals surface area contributed by atoms with Crippen molar-refractivity contribution in [3.8, 4) is 0 Å². The number of nitrogens with zero attached hydrogens (tertiary/aromatic N) is 4. The van der Waals surface area contributed by atoms with E-state index < -0.39 is 60.1 Å². The van der Waals surface area contributed by atoms with E-state index in [1.807, 2.05) is 91.0 Å². The van der Waals surface area contributed by atoms with Gasteiger partial charge in [0, 0.05) is 47.2 Å². The van der Waals surface area contributed by atoms with Crippen LogP contribution in [0, 0.1) is 0 Å². The Kier molecular flexibility index (Phi) is 21.8. The van der Waals surface area contributed by atoms with E-state index in [-0.39, 0.29) is 0 Å². The molecule has 0 fully saturated rings. The van der Waals surface area contributed by atoms with E-state index in [0.29, 0.717) is 11.5 Å². The maximum atomic E-state index is 11.2. The fraction of sp³-hybridized carbons (Fsp3) is 0.200. The van der Waals surface area contributed by atoms with Crippen LogP contribution < -0.4 is 26.6 Å². The molecule has 0 saturated heterocycles. The van der Waals surface area contributed by atoms with Gasteiger partial charge in [-0.15, -0.1) is 0 Å². The first kappa shape index (κ1) is 53.7. The monoisotopic (exact) mass is 928 g/mol. The van der Waals surface area contributed by atoms with E-state index in [0.717, 1.165) is 38.6 Å².